The molecule has 7 nitrogen and oxygen atoms in total. The van der Waals surface area contributed by atoms with Crippen LogP contribution in [0.4, 0.5) is 10.5 Å². The van der Waals surface area contributed by atoms with E-state index in [1.807, 2.05) is 0 Å². The summed E-state index contributed by atoms with van der Waals surface area (Å²) >= 11 is 0. The summed E-state index contributed by atoms with van der Waals surface area (Å²) in [4.78, 5) is 26.2. The van der Waals surface area contributed by atoms with Crippen LogP contribution < -0.4 is 22.1 Å². The van der Waals surface area contributed by atoms with Gasteiger partial charge in [0.1, 0.15) is 0 Å². The topological polar surface area (TPSA) is 118 Å². The van der Waals surface area contributed by atoms with E-state index < -0.39 is 11.8 Å². The molecular formula is C10H12N4O3. The number of hydrogen-bond acceptors (Lipinski definition) is 4. The monoisotopic (exact) mass is 236 g/mol. The fraction of sp³-hybridized carbons (Fsp3) is 0.200. The zero-order chi connectivity index (χ0) is 12.4. The predicted octanol–water partition coefficient (Wildman–Crippen LogP) is -0.0351. The number of carbonyl (C=O) groups is 1. The average Bonchev–Trinajstić information content (AvgIpc) is 2.65. The molecule has 1 heterocycles. The molecule has 0 unspecified atom stereocenters. The number of primary amides is 1. The van der Waals surface area contributed by atoms with E-state index in [1.54, 1.807) is 18.2 Å². The lowest BCUT2D eigenvalue weighted by atomic mass is 10.2. The van der Waals surface area contributed by atoms with E-state index in [0.717, 1.165) is 0 Å². The first-order valence-corrected chi connectivity index (χ1v) is 5.02. The third-order valence-corrected chi connectivity index (χ3v) is 2.34. The van der Waals surface area contributed by atoms with Crippen LogP contribution in [0.5, 0.6) is 0 Å². The van der Waals surface area contributed by atoms with E-state index in [2.05, 4.69) is 4.98 Å². The lowest BCUT2D eigenvalue weighted by Crippen LogP contribution is -2.39. The van der Waals surface area contributed by atoms with Crippen molar-refractivity contribution < 1.29 is 9.21 Å². The molecule has 0 aliphatic rings. The number of aromatic nitrogens is 1. The van der Waals surface area contributed by atoms with Gasteiger partial charge < -0.3 is 15.9 Å². The van der Waals surface area contributed by atoms with Crippen LogP contribution in [0, 0.1) is 0 Å². The van der Waals surface area contributed by atoms with Crippen molar-refractivity contribution in [1.82, 2.24) is 4.98 Å². The van der Waals surface area contributed by atoms with Gasteiger partial charge in [0.2, 0.25) is 0 Å². The van der Waals surface area contributed by atoms with Crippen molar-refractivity contribution in [2.24, 2.45) is 11.5 Å². The molecule has 0 atom stereocenters. The van der Waals surface area contributed by atoms with E-state index in [-0.39, 0.29) is 13.1 Å². The van der Waals surface area contributed by atoms with Crippen molar-refractivity contribution in [3.8, 4) is 0 Å². The maximum absolute atomic E-state index is 11.3. The Morgan fingerprint density at radius 2 is 2.24 bits per heavy atom. The second-order valence-electron chi connectivity index (χ2n) is 3.45. The minimum absolute atomic E-state index is 0.253. The molecule has 2 aromatic rings. The normalized spacial score (nSPS) is 10.6. The van der Waals surface area contributed by atoms with Gasteiger partial charge in [0, 0.05) is 13.1 Å². The van der Waals surface area contributed by atoms with Crippen LogP contribution in [0.1, 0.15) is 0 Å². The molecular weight excluding hydrogens is 224 g/mol. The van der Waals surface area contributed by atoms with E-state index in [4.69, 9.17) is 15.9 Å². The number of hydrogen-bond donors (Lipinski definition) is 3. The smallest absolute Gasteiger partial charge is 0.406 e. The van der Waals surface area contributed by atoms with Crippen molar-refractivity contribution in [2.45, 2.75) is 0 Å². The molecule has 0 saturated carbocycles. The zero-order valence-electron chi connectivity index (χ0n) is 8.97. The van der Waals surface area contributed by atoms with Gasteiger partial charge >= 0.3 is 11.8 Å². The number of oxazole rings is 1. The maximum atomic E-state index is 11.3. The first-order valence-electron chi connectivity index (χ1n) is 5.02. The highest BCUT2D eigenvalue weighted by atomic mass is 16.4. The number of para-hydroxylation sites is 1. The molecule has 0 radical (unpaired) electrons. The Balaban J connectivity index is 2.59. The van der Waals surface area contributed by atoms with Crippen LogP contribution >= 0.6 is 0 Å². The Kier molecular flexibility index (Phi) is 2.84. The summed E-state index contributed by atoms with van der Waals surface area (Å²) in [6, 6.07) is 4.35. The third kappa shape index (κ3) is 2.00. The largest absolute Gasteiger partial charge is 0.417 e. The number of aromatic amines is 1. The summed E-state index contributed by atoms with van der Waals surface area (Å²) in [5.74, 6) is -0.579. The predicted molar refractivity (Wildman–Crippen MR) is 62.8 cm³/mol. The summed E-state index contributed by atoms with van der Waals surface area (Å²) in [5.41, 5.74) is 11.9. The number of amides is 2. The van der Waals surface area contributed by atoms with E-state index in [1.165, 1.54) is 4.90 Å². The van der Waals surface area contributed by atoms with Crippen molar-refractivity contribution in [3.05, 3.63) is 28.7 Å². The number of benzene rings is 1. The Morgan fingerprint density at radius 1 is 1.47 bits per heavy atom. The van der Waals surface area contributed by atoms with Gasteiger partial charge in [-0.1, -0.05) is 6.07 Å². The molecule has 0 aliphatic heterocycles. The molecule has 0 aliphatic carbocycles. The molecule has 0 saturated heterocycles. The van der Waals surface area contributed by atoms with Gasteiger partial charge in [0.15, 0.2) is 5.58 Å². The summed E-state index contributed by atoms with van der Waals surface area (Å²) < 4.78 is 4.98. The minimum atomic E-state index is -0.646. The molecule has 5 N–H and O–H groups in total. The van der Waals surface area contributed by atoms with Crippen LogP contribution in [0.25, 0.3) is 11.1 Å². The van der Waals surface area contributed by atoms with Gasteiger partial charge in [-0.25, -0.2) is 9.59 Å². The maximum Gasteiger partial charge on any atom is 0.417 e. The molecule has 0 bridgehead atoms. The van der Waals surface area contributed by atoms with Gasteiger partial charge in [0.05, 0.1) is 11.2 Å². The summed E-state index contributed by atoms with van der Waals surface area (Å²) in [7, 11) is 0. The fourth-order valence-electron chi connectivity index (χ4n) is 1.65. The molecule has 90 valence electrons. The number of nitrogens with two attached hydrogens (primary N) is 2. The van der Waals surface area contributed by atoms with Gasteiger partial charge in [-0.2, -0.15) is 0 Å². The Labute approximate surface area is 96.0 Å². The zero-order valence-corrected chi connectivity index (χ0v) is 8.97. The Bertz CT molecular complexity index is 601. The summed E-state index contributed by atoms with van der Waals surface area (Å²) in [6.07, 6.45) is 0. The minimum Gasteiger partial charge on any atom is -0.406 e. The molecule has 0 fully saturated rings. The molecule has 17 heavy (non-hydrogen) atoms. The highest BCUT2D eigenvalue weighted by Crippen LogP contribution is 2.24. The molecule has 2 amide bonds. The van der Waals surface area contributed by atoms with Gasteiger partial charge in [0.25, 0.3) is 0 Å². The molecule has 1 aromatic carbocycles. The molecule has 0 spiro atoms. The number of fused-ring (bicyclic) bond motifs is 1. The van der Waals surface area contributed by atoms with Crippen LogP contribution in [0.2, 0.25) is 0 Å². The summed E-state index contributed by atoms with van der Waals surface area (Å²) in [5, 5.41) is 0. The number of H-pyrrole nitrogens is 1. The quantitative estimate of drug-likeness (QED) is 0.693. The Hall–Kier alpha value is -2.28. The first-order chi connectivity index (χ1) is 8.13. The van der Waals surface area contributed by atoms with Crippen LogP contribution in [-0.4, -0.2) is 24.1 Å². The highest BCUT2D eigenvalue weighted by molar-refractivity contribution is 5.98. The van der Waals surface area contributed by atoms with E-state index in [0.29, 0.717) is 16.8 Å². The van der Waals surface area contributed by atoms with Crippen molar-refractivity contribution in [2.75, 3.05) is 18.0 Å². The molecule has 2 rings (SSSR count). The summed E-state index contributed by atoms with van der Waals surface area (Å²) in [6.45, 7) is 0.511. The molecule has 7 heteroatoms. The standard InChI is InChI=1S/C10H12N4O3/c11-4-5-14(9(12)15)7-3-1-2-6-8(7)17-10(16)13-6/h1-3H,4-5,11H2,(H2,12,15)(H,13,16). The van der Waals surface area contributed by atoms with E-state index in [9.17, 15) is 9.59 Å². The van der Waals surface area contributed by atoms with Gasteiger partial charge in [-0.3, -0.25) is 9.88 Å². The van der Waals surface area contributed by atoms with Crippen LogP contribution in [-0.2, 0) is 0 Å². The Morgan fingerprint density at radius 3 is 2.88 bits per heavy atom. The number of urea groups is 1. The van der Waals surface area contributed by atoms with Crippen molar-refractivity contribution >= 4 is 22.8 Å². The number of anilines is 1. The number of nitrogens with one attached hydrogen (secondary N) is 1. The average molecular weight is 236 g/mol. The van der Waals surface area contributed by atoms with Crippen LogP contribution in [0.3, 0.4) is 0 Å². The second kappa shape index (κ2) is 4.30. The SMILES string of the molecule is NCCN(C(N)=O)c1cccc2[nH]c(=O)oc12. The van der Waals surface area contributed by atoms with Gasteiger partial charge in [-0.15, -0.1) is 0 Å². The lowest BCUT2D eigenvalue weighted by molar-refractivity contribution is 0.254. The first kappa shape index (κ1) is 11.2. The van der Waals surface area contributed by atoms with Crippen molar-refractivity contribution in [3.63, 3.8) is 0 Å². The second-order valence-corrected chi connectivity index (χ2v) is 3.45. The number of nitrogens with zero attached hydrogens (tertiary/aromatic N) is 1. The van der Waals surface area contributed by atoms with E-state index >= 15 is 0 Å². The number of rotatable bonds is 3. The lowest BCUT2D eigenvalue weighted by Gasteiger charge is -2.19. The molecule has 1 aromatic heterocycles. The highest BCUT2D eigenvalue weighted by Gasteiger charge is 2.17. The van der Waals surface area contributed by atoms with Crippen molar-refractivity contribution in [1.29, 1.82) is 0 Å². The van der Waals surface area contributed by atoms with Crippen LogP contribution in [0.15, 0.2) is 27.4 Å². The van der Waals surface area contributed by atoms with Gasteiger partial charge in [-0.05, 0) is 12.1 Å². The fourth-order valence-corrected chi connectivity index (χ4v) is 1.65. The number of carbonyl (C=O) groups excluding carboxylic acids is 1. The third-order valence-electron chi connectivity index (χ3n) is 2.34.